The van der Waals surface area contributed by atoms with Crippen LogP contribution in [0.4, 0.5) is 11.4 Å². The van der Waals surface area contributed by atoms with Crippen LogP contribution in [0.2, 0.25) is 0 Å². The van der Waals surface area contributed by atoms with E-state index in [9.17, 15) is 23.3 Å². The standard InChI is InChI=1S/C19H25N3O6S2/c1-6-21(7-2)30(26,27)14-8-9-17(28-12(3)4)15(10-14)20-19(23)18-11-16(22(24)25)13(5)29-18/h8-12H,6-7H2,1-5H3,(H,20,23). The number of thiophene rings is 1. The molecular formula is C19H25N3O6S2. The monoisotopic (exact) mass is 455 g/mol. The van der Waals surface area contributed by atoms with E-state index in [1.807, 2.05) is 0 Å². The molecule has 0 atom stereocenters. The molecule has 2 rings (SSSR count). The molecule has 164 valence electrons. The van der Waals surface area contributed by atoms with Gasteiger partial charge in [0.25, 0.3) is 11.6 Å². The molecule has 0 fully saturated rings. The number of benzene rings is 1. The molecule has 0 saturated carbocycles. The second-order valence-corrected chi connectivity index (χ2v) is 9.87. The first kappa shape index (κ1) is 23.8. The van der Waals surface area contributed by atoms with Gasteiger partial charge in [-0.3, -0.25) is 14.9 Å². The first-order chi connectivity index (χ1) is 14.0. The van der Waals surface area contributed by atoms with E-state index in [0.29, 0.717) is 23.7 Å². The molecule has 1 aromatic heterocycles. The van der Waals surface area contributed by atoms with Gasteiger partial charge < -0.3 is 10.1 Å². The van der Waals surface area contributed by atoms with Crippen molar-refractivity contribution in [2.75, 3.05) is 18.4 Å². The maximum Gasteiger partial charge on any atom is 0.283 e. The van der Waals surface area contributed by atoms with Gasteiger partial charge in [-0.1, -0.05) is 13.8 Å². The van der Waals surface area contributed by atoms with Crippen LogP contribution in [-0.2, 0) is 10.0 Å². The first-order valence-electron chi connectivity index (χ1n) is 9.38. The molecule has 0 unspecified atom stereocenters. The zero-order chi connectivity index (χ0) is 22.6. The molecule has 1 aromatic carbocycles. The van der Waals surface area contributed by atoms with Crippen LogP contribution in [0.25, 0.3) is 0 Å². The minimum Gasteiger partial charge on any atom is -0.489 e. The molecule has 1 amide bonds. The average molecular weight is 456 g/mol. The van der Waals surface area contributed by atoms with Gasteiger partial charge in [-0.25, -0.2) is 8.42 Å². The highest BCUT2D eigenvalue weighted by atomic mass is 32.2. The molecule has 0 bridgehead atoms. The number of nitro groups is 1. The number of nitrogens with zero attached hydrogens (tertiary/aromatic N) is 2. The van der Waals surface area contributed by atoms with Gasteiger partial charge in [0.1, 0.15) is 5.75 Å². The van der Waals surface area contributed by atoms with E-state index in [-0.39, 0.29) is 27.3 Å². The summed E-state index contributed by atoms with van der Waals surface area (Å²) < 4.78 is 32.7. The van der Waals surface area contributed by atoms with E-state index in [1.165, 1.54) is 28.6 Å². The van der Waals surface area contributed by atoms with Crippen molar-refractivity contribution in [3.63, 3.8) is 0 Å². The average Bonchev–Trinajstić information content (AvgIpc) is 3.05. The number of ether oxygens (including phenoxy) is 1. The molecule has 1 heterocycles. The third-order valence-electron chi connectivity index (χ3n) is 4.22. The second kappa shape index (κ2) is 9.54. The third-order valence-corrected chi connectivity index (χ3v) is 7.30. The molecule has 2 aromatic rings. The van der Waals surface area contributed by atoms with Crippen LogP contribution < -0.4 is 10.1 Å². The van der Waals surface area contributed by atoms with Crippen LogP contribution in [0.1, 0.15) is 42.2 Å². The zero-order valence-electron chi connectivity index (χ0n) is 17.5. The van der Waals surface area contributed by atoms with E-state index < -0.39 is 20.9 Å². The summed E-state index contributed by atoms with van der Waals surface area (Å²) in [5, 5.41) is 13.7. The van der Waals surface area contributed by atoms with E-state index in [0.717, 1.165) is 11.3 Å². The molecule has 0 aliphatic rings. The lowest BCUT2D eigenvalue weighted by atomic mass is 10.2. The summed E-state index contributed by atoms with van der Waals surface area (Å²) in [6, 6.07) is 5.47. The number of anilines is 1. The van der Waals surface area contributed by atoms with E-state index >= 15 is 0 Å². The minimum absolute atomic E-state index is 0.0194. The minimum atomic E-state index is -3.74. The largest absolute Gasteiger partial charge is 0.489 e. The number of nitrogens with one attached hydrogen (secondary N) is 1. The molecule has 9 nitrogen and oxygen atoms in total. The Morgan fingerprint density at radius 3 is 2.40 bits per heavy atom. The summed E-state index contributed by atoms with van der Waals surface area (Å²) in [4.78, 5) is 23.8. The summed E-state index contributed by atoms with van der Waals surface area (Å²) in [7, 11) is -3.74. The van der Waals surface area contributed by atoms with E-state index in [4.69, 9.17) is 4.74 Å². The Bertz CT molecular complexity index is 1040. The van der Waals surface area contributed by atoms with Crippen molar-refractivity contribution in [2.45, 2.75) is 45.6 Å². The third kappa shape index (κ3) is 5.15. The summed E-state index contributed by atoms with van der Waals surface area (Å²) in [5.41, 5.74) is 0.0392. The van der Waals surface area contributed by atoms with Crippen molar-refractivity contribution in [1.82, 2.24) is 4.31 Å². The summed E-state index contributed by atoms with van der Waals surface area (Å²) in [6.45, 7) is 9.27. The first-order valence-corrected chi connectivity index (χ1v) is 11.6. The van der Waals surface area contributed by atoms with Crippen LogP contribution >= 0.6 is 11.3 Å². The number of carbonyl (C=O) groups is 1. The Kier molecular flexibility index (Phi) is 7.56. The molecule has 11 heteroatoms. The smallest absolute Gasteiger partial charge is 0.283 e. The number of rotatable bonds is 9. The van der Waals surface area contributed by atoms with Crippen LogP contribution in [0.15, 0.2) is 29.2 Å². The predicted molar refractivity (Wildman–Crippen MR) is 116 cm³/mol. The Hall–Kier alpha value is -2.50. The van der Waals surface area contributed by atoms with Gasteiger partial charge in [0.05, 0.1) is 31.4 Å². The molecule has 0 saturated heterocycles. The highest BCUT2D eigenvalue weighted by Gasteiger charge is 2.25. The van der Waals surface area contributed by atoms with E-state index in [2.05, 4.69) is 5.32 Å². The van der Waals surface area contributed by atoms with Gasteiger partial charge in [-0.15, -0.1) is 11.3 Å². The van der Waals surface area contributed by atoms with Gasteiger partial charge >= 0.3 is 0 Å². The topological polar surface area (TPSA) is 119 Å². The highest BCUT2D eigenvalue weighted by Crippen LogP contribution is 2.32. The number of sulfonamides is 1. The van der Waals surface area contributed by atoms with Crippen LogP contribution in [0.3, 0.4) is 0 Å². The van der Waals surface area contributed by atoms with Crippen molar-refractivity contribution >= 4 is 38.6 Å². The maximum atomic E-state index is 12.9. The Labute approximate surface area is 179 Å². The van der Waals surface area contributed by atoms with Crippen LogP contribution in [-0.4, -0.2) is 42.7 Å². The molecule has 0 aliphatic heterocycles. The Morgan fingerprint density at radius 2 is 1.90 bits per heavy atom. The number of hydrogen-bond donors (Lipinski definition) is 1. The predicted octanol–water partition coefficient (Wildman–Crippen LogP) is 4.03. The fourth-order valence-electron chi connectivity index (χ4n) is 2.79. The summed E-state index contributed by atoms with van der Waals surface area (Å²) in [6.07, 6.45) is -0.212. The zero-order valence-corrected chi connectivity index (χ0v) is 19.1. The fraction of sp³-hybridized carbons (Fsp3) is 0.421. The highest BCUT2D eigenvalue weighted by molar-refractivity contribution is 7.89. The van der Waals surface area contributed by atoms with Gasteiger partial charge in [-0.2, -0.15) is 4.31 Å². The molecule has 1 N–H and O–H groups in total. The Morgan fingerprint density at radius 1 is 1.27 bits per heavy atom. The number of carbonyl (C=O) groups excluding carboxylic acids is 1. The van der Waals surface area contributed by atoms with Gasteiger partial charge in [-0.05, 0) is 39.0 Å². The molecular weight excluding hydrogens is 430 g/mol. The lowest BCUT2D eigenvalue weighted by Gasteiger charge is -2.20. The Balaban J connectivity index is 2.46. The summed E-state index contributed by atoms with van der Waals surface area (Å²) in [5.74, 6) is -0.276. The van der Waals surface area contributed by atoms with Gasteiger partial charge in [0.2, 0.25) is 10.0 Å². The van der Waals surface area contributed by atoms with Crippen molar-refractivity contribution in [3.8, 4) is 5.75 Å². The second-order valence-electron chi connectivity index (χ2n) is 6.68. The van der Waals surface area contributed by atoms with E-state index in [1.54, 1.807) is 34.6 Å². The van der Waals surface area contributed by atoms with Crippen molar-refractivity contribution < 1.29 is 22.9 Å². The normalized spacial score (nSPS) is 11.7. The van der Waals surface area contributed by atoms with Crippen LogP contribution in [0.5, 0.6) is 5.75 Å². The molecule has 0 spiro atoms. The maximum absolute atomic E-state index is 12.9. The quantitative estimate of drug-likeness (QED) is 0.450. The molecule has 0 aliphatic carbocycles. The van der Waals surface area contributed by atoms with Crippen LogP contribution in [0, 0.1) is 17.0 Å². The fourth-order valence-corrected chi connectivity index (χ4v) is 5.15. The van der Waals surface area contributed by atoms with Crippen molar-refractivity contribution in [3.05, 3.63) is 44.1 Å². The van der Waals surface area contributed by atoms with Gasteiger partial charge in [0, 0.05) is 19.2 Å². The lowest BCUT2D eigenvalue weighted by Crippen LogP contribution is -2.30. The molecule has 0 radical (unpaired) electrons. The van der Waals surface area contributed by atoms with Gasteiger partial charge in [0.15, 0.2) is 0 Å². The van der Waals surface area contributed by atoms with Crippen molar-refractivity contribution in [2.24, 2.45) is 0 Å². The number of hydrogen-bond acceptors (Lipinski definition) is 7. The van der Waals surface area contributed by atoms with Crippen molar-refractivity contribution in [1.29, 1.82) is 0 Å². The SMILES string of the molecule is CCN(CC)S(=O)(=O)c1ccc(OC(C)C)c(NC(=O)c2cc([N+](=O)[O-])c(C)s2)c1. The summed E-state index contributed by atoms with van der Waals surface area (Å²) >= 11 is 0.991. The number of amides is 1. The molecule has 30 heavy (non-hydrogen) atoms. The number of aryl methyl sites for hydroxylation is 1. The lowest BCUT2D eigenvalue weighted by molar-refractivity contribution is -0.385.